The van der Waals surface area contributed by atoms with Gasteiger partial charge in [-0.2, -0.15) is 0 Å². The fraction of sp³-hybridized carbons (Fsp3) is 0.375. The Morgan fingerprint density at radius 1 is 1.12 bits per heavy atom. The van der Waals surface area contributed by atoms with E-state index in [9.17, 15) is 23.9 Å². The molecule has 2 aromatic rings. The predicted octanol–water partition coefficient (Wildman–Crippen LogP) is 3.23. The molecule has 1 fully saturated rings. The Bertz CT molecular complexity index is 1030. The van der Waals surface area contributed by atoms with Gasteiger partial charge < -0.3 is 25.4 Å². The van der Waals surface area contributed by atoms with E-state index in [0.29, 0.717) is 49.4 Å². The van der Waals surface area contributed by atoms with E-state index >= 15 is 0 Å². The summed E-state index contributed by atoms with van der Waals surface area (Å²) in [6.07, 6.45) is 0.771. The van der Waals surface area contributed by atoms with E-state index in [1.165, 1.54) is 24.3 Å². The highest BCUT2D eigenvalue weighted by Crippen LogP contribution is 2.18. The number of halogens is 1. The Hall–Kier alpha value is -3.46. The lowest BCUT2D eigenvalue weighted by atomic mass is 10.0. The predicted molar refractivity (Wildman–Crippen MR) is 121 cm³/mol. The molecule has 1 aliphatic rings. The molecule has 1 aliphatic heterocycles. The number of hydrogen-bond acceptors (Lipinski definition) is 5. The number of rotatable bonds is 6. The van der Waals surface area contributed by atoms with Crippen LogP contribution in [0.1, 0.15) is 51.6 Å². The number of aryl methyl sites for hydroxylation is 1. The van der Waals surface area contributed by atoms with E-state index in [-0.39, 0.29) is 29.9 Å². The summed E-state index contributed by atoms with van der Waals surface area (Å²) in [7, 11) is 0. The van der Waals surface area contributed by atoms with Crippen molar-refractivity contribution in [3.63, 3.8) is 0 Å². The van der Waals surface area contributed by atoms with E-state index in [4.69, 9.17) is 4.74 Å². The molecule has 9 heteroatoms. The summed E-state index contributed by atoms with van der Waals surface area (Å²) in [4.78, 5) is 39.0. The molecule has 0 atom stereocenters. The number of carbonyl (C=O) groups is 3. The number of ether oxygens (including phenoxy) is 1. The summed E-state index contributed by atoms with van der Waals surface area (Å²) >= 11 is 0. The Balaban J connectivity index is 1.67. The number of hydrogen-bond donors (Lipinski definition) is 3. The molecule has 0 aliphatic carbocycles. The van der Waals surface area contributed by atoms with Gasteiger partial charge in [-0.25, -0.2) is 9.18 Å². The molecule has 0 radical (unpaired) electrons. The standard InChI is InChI=1S/C24H28FN3O5/c1-3-33-24(32)28-10-8-18(9-11-28)26-23(31)20-12-16(5-6-17(20)14-29)22(30)27-19-7-4-15(2)21(25)13-19/h4-7,12-13,18,29H,3,8-11,14H2,1-2H3,(H,26,31)(H,27,30). The van der Waals surface area contributed by atoms with Crippen molar-refractivity contribution < 1.29 is 28.6 Å². The fourth-order valence-corrected chi connectivity index (χ4v) is 3.63. The molecule has 0 saturated carbocycles. The molecule has 3 amide bonds. The van der Waals surface area contributed by atoms with E-state index in [0.717, 1.165) is 0 Å². The number of nitrogens with zero attached hydrogens (tertiary/aromatic N) is 1. The molecule has 1 heterocycles. The van der Waals surface area contributed by atoms with Crippen LogP contribution in [0.2, 0.25) is 0 Å². The molecule has 176 valence electrons. The molecule has 0 unspecified atom stereocenters. The molecule has 0 spiro atoms. The van der Waals surface area contributed by atoms with Crippen molar-refractivity contribution >= 4 is 23.6 Å². The molecular formula is C24H28FN3O5. The van der Waals surface area contributed by atoms with Gasteiger partial charge in [-0.05, 0) is 62.1 Å². The van der Waals surface area contributed by atoms with Gasteiger partial charge in [-0.15, -0.1) is 0 Å². The number of piperidine rings is 1. The highest BCUT2D eigenvalue weighted by Gasteiger charge is 2.25. The second-order valence-electron chi connectivity index (χ2n) is 7.88. The SMILES string of the molecule is CCOC(=O)N1CCC(NC(=O)c2cc(C(=O)Nc3ccc(C)c(F)c3)ccc2CO)CC1. The minimum atomic E-state index is -0.500. The lowest BCUT2D eigenvalue weighted by Crippen LogP contribution is -2.46. The Labute approximate surface area is 191 Å². The first-order chi connectivity index (χ1) is 15.8. The highest BCUT2D eigenvalue weighted by atomic mass is 19.1. The van der Waals surface area contributed by atoms with E-state index in [1.54, 1.807) is 30.9 Å². The van der Waals surface area contributed by atoms with Crippen LogP contribution in [0.3, 0.4) is 0 Å². The second-order valence-corrected chi connectivity index (χ2v) is 7.88. The zero-order valence-corrected chi connectivity index (χ0v) is 18.7. The van der Waals surface area contributed by atoms with Crippen LogP contribution in [0.25, 0.3) is 0 Å². The highest BCUT2D eigenvalue weighted by molar-refractivity contribution is 6.06. The van der Waals surface area contributed by atoms with Crippen molar-refractivity contribution in [1.82, 2.24) is 10.2 Å². The zero-order chi connectivity index (χ0) is 24.0. The maximum absolute atomic E-state index is 13.8. The number of aliphatic hydroxyl groups excluding tert-OH is 1. The Morgan fingerprint density at radius 2 is 1.85 bits per heavy atom. The first-order valence-corrected chi connectivity index (χ1v) is 10.9. The largest absolute Gasteiger partial charge is 0.450 e. The van der Waals surface area contributed by atoms with E-state index < -0.39 is 17.6 Å². The summed E-state index contributed by atoms with van der Waals surface area (Å²) in [6.45, 7) is 4.24. The van der Waals surface area contributed by atoms with Gasteiger partial charge in [0.2, 0.25) is 0 Å². The van der Waals surface area contributed by atoms with Crippen molar-refractivity contribution in [1.29, 1.82) is 0 Å². The smallest absolute Gasteiger partial charge is 0.409 e. The van der Waals surface area contributed by atoms with Crippen molar-refractivity contribution in [2.45, 2.75) is 39.3 Å². The zero-order valence-electron chi connectivity index (χ0n) is 18.7. The van der Waals surface area contributed by atoms with E-state index in [1.807, 2.05) is 0 Å². The number of likely N-dealkylation sites (tertiary alicyclic amines) is 1. The third kappa shape index (κ3) is 6.07. The van der Waals surface area contributed by atoms with Gasteiger partial charge in [-0.1, -0.05) is 12.1 Å². The van der Waals surface area contributed by atoms with Crippen LogP contribution in [-0.4, -0.2) is 53.7 Å². The third-order valence-corrected chi connectivity index (χ3v) is 5.57. The summed E-state index contributed by atoms with van der Waals surface area (Å²) in [5, 5.41) is 15.2. The van der Waals surface area contributed by atoms with Gasteiger partial charge in [0.05, 0.1) is 13.2 Å². The van der Waals surface area contributed by atoms with Gasteiger partial charge in [0, 0.05) is 35.9 Å². The van der Waals surface area contributed by atoms with Gasteiger partial charge in [0.1, 0.15) is 5.82 Å². The van der Waals surface area contributed by atoms with Crippen LogP contribution < -0.4 is 10.6 Å². The second kappa shape index (κ2) is 10.9. The lowest BCUT2D eigenvalue weighted by molar-refractivity contribution is 0.0857. The fourth-order valence-electron chi connectivity index (χ4n) is 3.63. The van der Waals surface area contributed by atoms with Crippen molar-refractivity contribution in [3.05, 3.63) is 64.5 Å². The molecule has 0 bridgehead atoms. The quantitative estimate of drug-likeness (QED) is 0.617. The number of amides is 3. The molecule has 3 N–H and O–H groups in total. The number of aliphatic hydroxyl groups is 1. The summed E-state index contributed by atoms with van der Waals surface area (Å²) in [6, 6.07) is 8.66. The number of anilines is 1. The summed E-state index contributed by atoms with van der Waals surface area (Å²) < 4.78 is 18.8. The maximum atomic E-state index is 13.8. The van der Waals surface area contributed by atoms with Crippen LogP contribution in [-0.2, 0) is 11.3 Å². The molecule has 8 nitrogen and oxygen atoms in total. The molecular weight excluding hydrogens is 429 g/mol. The van der Waals surface area contributed by atoms with Crippen LogP contribution >= 0.6 is 0 Å². The topological polar surface area (TPSA) is 108 Å². The number of benzene rings is 2. The first kappa shape index (κ1) is 24.2. The Kier molecular flexibility index (Phi) is 8.00. The van der Waals surface area contributed by atoms with Crippen LogP contribution in [0.5, 0.6) is 0 Å². The molecule has 2 aromatic carbocycles. The third-order valence-electron chi connectivity index (χ3n) is 5.57. The molecule has 1 saturated heterocycles. The maximum Gasteiger partial charge on any atom is 0.409 e. The molecule has 0 aromatic heterocycles. The Morgan fingerprint density at radius 3 is 2.48 bits per heavy atom. The first-order valence-electron chi connectivity index (χ1n) is 10.9. The van der Waals surface area contributed by atoms with Gasteiger partial charge >= 0.3 is 6.09 Å². The molecule has 33 heavy (non-hydrogen) atoms. The van der Waals surface area contributed by atoms with Gasteiger partial charge in [0.25, 0.3) is 11.8 Å². The number of carbonyl (C=O) groups excluding carboxylic acids is 3. The molecule has 3 rings (SSSR count). The average Bonchev–Trinajstić information content (AvgIpc) is 2.81. The van der Waals surface area contributed by atoms with Crippen molar-refractivity contribution in [2.24, 2.45) is 0 Å². The van der Waals surface area contributed by atoms with Crippen LogP contribution in [0.15, 0.2) is 36.4 Å². The van der Waals surface area contributed by atoms with Crippen LogP contribution in [0.4, 0.5) is 14.9 Å². The number of nitrogens with one attached hydrogen (secondary N) is 2. The summed E-state index contributed by atoms with van der Waals surface area (Å²) in [5.41, 5.74) is 1.54. The van der Waals surface area contributed by atoms with Gasteiger partial charge in [0.15, 0.2) is 0 Å². The van der Waals surface area contributed by atoms with Gasteiger partial charge in [-0.3, -0.25) is 9.59 Å². The normalized spacial score (nSPS) is 14.0. The summed E-state index contributed by atoms with van der Waals surface area (Å²) in [5.74, 6) is -1.35. The van der Waals surface area contributed by atoms with Crippen molar-refractivity contribution in [2.75, 3.05) is 25.0 Å². The monoisotopic (exact) mass is 457 g/mol. The van der Waals surface area contributed by atoms with Crippen LogP contribution in [0, 0.1) is 12.7 Å². The lowest BCUT2D eigenvalue weighted by Gasteiger charge is -2.31. The minimum absolute atomic E-state index is 0.150. The van der Waals surface area contributed by atoms with E-state index in [2.05, 4.69) is 10.6 Å². The minimum Gasteiger partial charge on any atom is -0.450 e. The van der Waals surface area contributed by atoms with Crippen molar-refractivity contribution in [3.8, 4) is 0 Å². The average molecular weight is 458 g/mol.